The van der Waals surface area contributed by atoms with Gasteiger partial charge in [-0.15, -0.1) is 0 Å². The van der Waals surface area contributed by atoms with Crippen LogP contribution in [0.3, 0.4) is 0 Å². The summed E-state index contributed by atoms with van der Waals surface area (Å²) in [4.78, 5) is 14.8. The molecule has 2 aromatic carbocycles. The fourth-order valence-corrected chi connectivity index (χ4v) is 3.66. The molecule has 0 bridgehead atoms. The summed E-state index contributed by atoms with van der Waals surface area (Å²) in [6.45, 7) is 1.16. The van der Waals surface area contributed by atoms with Gasteiger partial charge in [-0.2, -0.15) is 5.10 Å². The predicted octanol–water partition coefficient (Wildman–Crippen LogP) is 3.74. The van der Waals surface area contributed by atoms with Crippen molar-refractivity contribution < 1.29 is 14.3 Å². The lowest BCUT2D eigenvalue weighted by molar-refractivity contribution is 0.0734. The van der Waals surface area contributed by atoms with Crippen molar-refractivity contribution in [3.8, 4) is 17.2 Å². The SMILES string of the molecule is COc1cc2c(cc1OC)CN(C(=O)c1cnn(-c3ccccc3Cl)c1)CC2. The van der Waals surface area contributed by atoms with E-state index >= 15 is 0 Å². The lowest BCUT2D eigenvalue weighted by atomic mass is 9.98. The van der Waals surface area contributed by atoms with Gasteiger partial charge < -0.3 is 14.4 Å². The first-order valence-corrected chi connectivity index (χ1v) is 9.31. The summed E-state index contributed by atoms with van der Waals surface area (Å²) in [7, 11) is 3.23. The van der Waals surface area contributed by atoms with E-state index in [2.05, 4.69) is 5.10 Å². The maximum absolute atomic E-state index is 13.0. The first kappa shape index (κ1) is 18.4. The molecule has 1 aliphatic rings. The lowest BCUT2D eigenvalue weighted by Gasteiger charge is -2.29. The van der Waals surface area contributed by atoms with Gasteiger partial charge in [0.25, 0.3) is 5.91 Å². The van der Waals surface area contributed by atoms with Crippen LogP contribution in [0.2, 0.25) is 5.02 Å². The molecule has 0 atom stereocenters. The normalized spacial score (nSPS) is 13.2. The van der Waals surface area contributed by atoms with Gasteiger partial charge in [-0.1, -0.05) is 23.7 Å². The van der Waals surface area contributed by atoms with E-state index in [-0.39, 0.29) is 5.91 Å². The summed E-state index contributed by atoms with van der Waals surface area (Å²) in [5, 5.41) is 4.89. The number of halogens is 1. The van der Waals surface area contributed by atoms with Crippen LogP contribution in [0.25, 0.3) is 5.69 Å². The minimum Gasteiger partial charge on any atom is -0.493 e. The number of hydrogen-bond donors (Lipinski definition) is 0. The molecule has 0 N–H and O–H groups in total. The van der Waals surface area contributed by atoms with E-state index in [1.54, 1.807) is 37.4 Å². The molecular formula is C21H20ClN3O3. The number of amides is 1. The van der Waals surface area contributed by atoms with Crippen molar-refractivity contribution in [2.45, 2.75) is 13.0 Å². The maximum Gasteiger partial charge on any atom is 0.257 e. The second kappa shape index (κ2) is 7.56. The van der Waals surface area contributed by atoms with E-state index in [1.807, 2.05) is 35.2 Å². The number of carbonyl (C=O) groups is 1. The van der Waals surface area contributed by atoms with Crippen LogP contribution in [-0.4, -0.2) is 41.4 Å². The zero-order valence-electron chi connectivity index (χ0n) is 15.7. The van der Waals surface area contributed by atoms with Crippen molar-refractivity contribution in [1.82, 2.24) is 14.7 Å². The Morgan fingerprint density at radius 1 is 1.11 bits per heavy atom. The van der Waals surface area contributed by atoms with Gasteiger partial charge in [-0.25, -0.2) is 4.68 Å². The Kier molecular flexibility index (Phi) is 4.96. The molecule has 1 aliphatic heterocycles. The zero-order chi connectivity index (χ0) is 19.7. The largest absolute Gasteiger partial charge is 0.493 e. The number of fused-ring (bicyclic) bond motifs is 1. The second-order valence-electron chi connectivity index (χ2n) is 6.58. The van der Waals surface area contributed by atoms with Crippen LogP contribution in [0.4, 0.5) is 0 Å². The van der Waals surface area contributed by atoms with Gasteiger partial charge in [0.1, 0.15) is 0 Å². The van der Waals surface area contributed by atoms with Gasteiger partial charge in [0.05, 0.1) is 36.7 Å². The van der Waals surface area contributed by atoms with E-state index in [1.165, 1.54) is 5.56 Å². The van der Waals surface area contributed by atoms with Gasteiger partial charge in [0.15, 0.2) is 11.5 Å². The molecule has 3 aromatic rings. The highest BCUT2D eigenvalue weighted by Gasteiger charge is 2.24. The van der Waals surface area contributed by atoms with Gasteiger partial charge in [0.2, 0.25) is 0 Å². The van der Waals surface area contributed by atoms with Crippen molar-refractivity contribution in [3.05, 3.63) is 70.5 Å². The average Bonchev–Trinajstić information content (AvgIpc) is 3.22. The standard InChI is InChI=1S/C21H20ClN3O3/c1-27-19-9-14-7-8-24(12-15(14)10-20(19)28-2)21(26)16-11-23-25(13-16)18-6-4-3-5-17(18)22/h3-6,9-11,13H,7-8,12H2,1-2H3. The summed E-state index contributed by atoms with van der Waals surface area (Å²) in [5.74, 6) is 1.32. The smallest absolute Gasteiger partial charge is 0.257 e. The monoisotopic (exact) mass is 397 g/mol. The third kappa shape index (κ3) is 3.31. The van der Waals surface area contributed by atoms with E-state index in [0.29, 0.717) is 35.2 Å². The highest BCUT2D eigenvalue weighted by Crippen LogP contribution is 2.33. The Labute approximate surface area is 168 Å². The van der Waals surface area contributed by atoms with E-state index < -0.39 is 0 Å². The van der Waals surface area contributed by atoms with Gasteiger partial charge in [0, 0.05) is 19.3 Å². The fraction of sp³-hybridized carbons (Fsp3) is 0.238. The van der Waals surface area contributed by atoms with Crippen molar-refractivity contribution in [1.29, 1.82) is 0 Å². The van der Waals surface area contributed by atoms with Crippen LogP contribution >= 0.6 is 11.6 Å². The van der Waals surface area contributed by atoms with Crippen molar-refractivity contribution in [3.63, 3.8) is 0 Å². The molecule has 0 saturated heterocycles. The molecule has 0 radical (unpaired) electrons. The molecule has 6 nitrogen and oxygen atoms in total. The molecule has 1 aromatic heterocycles. The number of aromatic nitrogens is 2. The first-order chi connectivity index (χ1) is 13.6. The van der Waals surface area contributed by atoms with Crippen LogP contribution < -0.4 is 9.47 Å². The summed E-state index contributed by atoms with van der Waals surface area (Å²) in [6.07, 6.45) is 4.06. The number of benzene rings is 2. The molecule has 0 saturated carbocycles. The summed E-state index contributed by atoms with van der Waals surface area (Å²) in [5.41, 5.74) is 3.51. The van der Waals surface area contributed by atoms with Crippen LogP contribution in [0, 0.1) is 0 Å². The molecule has 0 unspecified atom stereocenters. The average molecular weight is 398 g/mol. The minimum absolute atomic E-state index is 0.0567. The Balaban J connectivity index is 1.57. The quantitative estimate of drug-likeness (QED) is 0.673. The third-order valence-electron chi connectivity index (χ3n) is 4.93. The highest BCUT2D eigenvalue weighted by atomic mass is 35.5. The zero-order valence-corrected chi connectivity index (χ0v) is 16.4. The number of hydrogen-bond acceptors (Lipinski definition) is 4. The third-order valence-corrected chi connectivity index (χ3v) is 5.25. The van der Waals surface area contributed by atoms with Gasteiger partial charge in [-0.05, 0) is 41.8 Å². The van der Waals surface area contributed by atoms with Gasteiger partial charge >= 0.3 is 0 Å². The summed E-state index contributed by atoms with van der Waals surface area (Å²) >= 11 is 6.23. The Bertz CT molecular complexity index is 1030. The Morgan fingerprint density at radius 2 is 1.82 bits per heavy atom. The number of rotatable bonds is 4. The molecule has 0 spiro atoms. The summed E-state index contributed by atoms with van der Waals surface area (Å²) in [6, 6.07) is 11.3. The van der Waals surface area contributed by atoms with Crippen molar-refractivity contribution in [2.75, 3.05) is 20.8 Å². The topological polar surface area (TPSA) is 56.6 Å². The number of para-hydroxylation sites is 1. The molecule has 1 amide bonds. The number of carbonyl (C=O) groups excluding carboxylic acids is 1. The van der Waals surface area contributed by atoms with E-state index in [0.717, 1.165) is 17.7 Å². The Hall–Kier alpha value is -2.99. The number of nitrogens with zero attached hydrogens (tertiary/aromatic N) is 3. The molecule has 0 fully saturated rings. The molecule has 28 heavy (non-hydrogen) atoms. The van der Waals surface area contributed by atoms with E-state index in [4.69, 9.17) is 21.1 Å². The maximum atomic E-state index is 13.0. The van der Waals surface area contributed by atoms with Crippen LogP contribution in [0.15, 0.2) is 48.8 Å². The van der Waals surface area contributed by atoms with Crippen LogP contribution in [-0.2, 0) is 13.0 Å². The molecule has 4 rings (SSSR count). The molecule has 2 heterocycles. The fourth-order valence-electron chi connectivity index (χ4n) is 3.44. The summed E-state index contributed by atoms with van der Waals surface area (Å²) < 4.78 is 12.4. The molecule has 144 valence electrons. The van der Waals surface area contributed by atoms with Gasteiger partial charge in [-0.3, -0.25) is 4.79 Å². The lowest BCUT2D eigenvalue weighted by Crippen LogP contribution is -2.35. The highest BCUT2D eigenvalue weighted by molar-refractivity contribution is 6.32. The minimum atomic E-state index is -0.0567. The Morgan fingerprint density at radius 3 is 2.54 bits per heavy atom. The van der Waals surface area contributed by atoms with Crippen LogP contribution in [0.5, 0.6) is 11.5 Å². The van der Waals surface area contributed by atoms with E-state index in [9.17, 15) is 4.79 Å². The second-order valence-corrected chi connectivity index (χ2v) is 6.98. The molecular weight excluding hydrogens is 378 g/mol. The number of ether oxygens (including phenoxy) is 2. The molecule has 0 aliphatic carbocycles. The first-order valence-electron chi connectivity index (χ1n) is 8.93. The van der Waals surface area contributed by atoms with Crippen LogP contribution in [0.1, 0.15) is 21.5 Å². The number of methoxy groups -OCH3 is 2. The van der Waals surface area contributed by atoms with Crippen molar-refractivity contribution >= 4 is 17.5 Å². The predicted molar refractivity (Wildman–Crippen MR) is 107 cm³/mol. The van der Waals surface area contributed by atoms with Crippen molar-refractivity contribution in [2.24, 2.45) is 0 Å². The molecule has 7 heteroatoms.